The van der Waals surface area contributed by atoms with Gasteiger partial charge < -0.3 is 19.6 Å². The lowest BCUT2D eigenvalue weighted by Gasteiger charge is -2.22. The number of fused-ring (bicyclic) bond motifs is 1. The van der Waals surface area contributed by atoms with Crippen LogP contribution >= 0.6 is 0 Å². The summed E-state index contributed by atoms with van der Waals surface area (Å²) in [5.41, 5.74) is 0.914. The number of amides is 2. The molecule has 126 valence electrons. The summed E-state index contributed by atoms with van der Waals surface area (Å²) in [7, 11) is 1.35. The van der Waals surface area contributed by atoms with Crippen LogP contribution in [0.5, 0.6) is 5.75 Å². The van der Waals surface area contributed by atoms with Gasteiger partial charge in [0.25, 0.3) is 5.91 Å². The SMILES string of the molecule is COC(=O)N1CCCN(C(=O)c2ccc(O)c3ncccc23)CC1. The number of benzene rings is 1. The van der Waals surface area contributed by atoms with E-state index in [2.05, 4.69) is 4.98 Å². The molecule has 1 aliphatic heterocycles. The monoisotopic (exact) mass is 329 g/mol. The van der Waals surface area contributed by atoms with Crippen LogP contribution in [0.15, 0.2) is 30.5 Å². The predicted molar refractivity (Wildman–Crippen MR) is 87.9 cm³/mol. The van der Waals surface area contributed by atoms with Crippen molar-refractivity contribution in [2.75, 3.05) is 33.3 Å². The first-order chi connectivity index (χ1) is 11.6. The lowest BCUT2D eigenvalue weighted by molar-refractivity contribution is 0.0759. The third-order valence-corrected chi connectivity index (χ3v) is 4.19. The molecule has 0 spiro atoms. The van der Waals surface area contributed by atoms with Crippen LogP contribution in [0, 0.1) is 0 Å². The summed E-state index contributed by atoms with van der Waals surface area (Å²) in [6.45, 7) is 2.01. The minimum Gasteiger partial charge on any atom is -0.506 e. The second-order valence-electron chi connectivity index (χ2n) is 5.63. The topological polar surface area (TPSA) is 83.0 Å². The van der Waals surface area contributed by atoms with E-state index in [1.165, 1.54) is 13.2 Å². The fourth-order valence-corrected chi connectivity index (χ4v) is 2.95. The normalized spacial score (nSPS) is 15.2. The summed E-state index contributed by atoms with van der Waals surface area (Å²) >= 11 is 0. The van der Waals surface area contributed by atoms with Gasteiger partial charge in [0.1, 0.15) is 11.3 Å². The lowest BCUT2D eigenvalue weighted by atomic mass is 10.1. The molecule has 2 heterocycles. The van der Waals surface area contributed by atoms with E-state index in [1.54, 1.807) is 34.2 Å². The standard InChI is InChI=1S/C17H19N3O4/c1-24-17(23)20-9-3-8-19(10-11-20)16(22)13-5-6-14(21)15-12(13)4-2-7-18-15/h2,4-7,21H,3,8-11H2,1H3. The summed E-state index contributed by atoms with van der Waals surface area (Å²) in [5.74, 6) is -0.0744. The number of rotatable bonds is 1. The van der Waals surface area contributed by atoms with Crippen LogP contribution in [0.25, 0.3) is 10.9 Å². The molecule has 24 heavy (non-hydrogen) atoms. The Kier molecular flexibility index (Phi) is 4.50. The van der Waals surface area contributed by atoms with E-state index in [0.717, 1.165) is 0 Å². The molecule has 1 aliphatic rings. The third kappa shape index (κ3) is 2.97. The Labute approximate surface area is 139 Å². The van der Waals surface area contributed by atoms with Gasteiger partial charge in [-0.05, 0) is 24.6 Å². The highest BCUT2D eigenvalue weighted by Crippen LogP contribution is 2.26. The smallest absolute Gasteiger partial charge is 0.409 e. The lowest BCUT2D eigenvalue weighted by Crippen LogP contribution is -2.37. The van der Waals surface area contributed by atoms with Crippen LogP contribution in [0.1, 0.15) is 16.8 Å². The highest BCUT2D eigenvalue weighted by molar-refractivity contribution is 6.07. The Bertz CT molecular complexity index is 778. The number of phenolic OH excluding ortho intramolecular Hbond substituents is 1. The van der Waals surface area contributed by atoms with Crippen molar-refractivity contribution in [3.63, 3.8) is 0 Å². The zero-order valence-corrected chi connectivity index (χ0v) is 13.4. The van der Waals surface area contributed by atoms with Gasteiger partial charge in [-0.25, -0.2) is 4.79 Å². The van der Waals surface area contributed by atoms with Gasteiger partial charge in [-0.3, -0.25) is 9.78 Å². The molecule has 3 rings (SSSR count). The largest absolute Gasteiger partial charge is 0.506 e. The van der Waals surface area contributed by atoms with Gasteiger partial charge in [-0.1, -0.05) is 6.07 Å². The van der Waals surface area contributed by atoms with E-state index in [9.17, 15) is 14.7 Å². The van der Waals surface area contributed by atoms with Crippen molar-refractivity contribution >= 4 is 22.9 Å². The molecule has 2 aromatic rings. The Hall–Kier alpha value is -2.83. The minimum absolute atomic E-state index is 0.0508. The molecular formula is C17H19N3O4. The summed E-state index contributed by atoms with van der Waals surface area (Å²) in [4.78, 5) is 32.0. The van der Waals surface area contributed by atoms with Crippen LogP contribution in [-0.2, 0) is 4.74 Å². The number of methoxy groups -OCH3 is 1. The second kappa shape index (κ2) is 6.74. The number of carbonyl (C=O) groups excluding carboxylic acids is 2. The van der Waals surface area contributed by atoms with Crippen LogP contribution in [-0.4, -0.2) is 65.2 Å². The summed E-state index contributed by atoms with van der Waals surface area (Å²) in [5, 5.41) is 10.5. The molecule has 0 radical (unpaired) electrons. The van der Waals surface area contributed by atoms with Crippen LogP contribution in [0.2, 0.25) is 0 Å². The van der Waals surface area contributed by atoms with Crippen LogP contribution < -0.4 is 0 Å². The molecule has 1 fully saturated rings. The number of nitrogens with zero attached hydrogens (tertiary/aromatic N) is 3. The van der Waals surface area contributed by atoms with Crippen LogP contribution in [0.3, 0.4) is 0 Å². The molecule has 2 amide bonds. The molecule has 1 aromatic carbocycles. The number of aromatic hydroxyl groups is 1. The molecule has 1 N–H and O–H groups in total. The number of ether oxygens (including phenoxy) is 1. The van der Waals surface area contributed by atoms with Crippen molar-refractivity contribution < 1.29 is 19.4 Å². The maximum absolute atomic E-state index is 12.9. The van der Waals surface area contributed by atoms with Crippen molar-refractivity contribution in [3.8, 4) is 5.75 Å². The van der Waals surface area contributed by atoms with Crippen LogP contribution in [0.4, 0.5) is 4.79 Å². The Balaban J connectivity index is 1.85. The predicted octanol–water partition coefficient (Wildman–Crippen LogP) is 1.85. The Morgan fingerprint density at radius 1 is 1.12 bits per heavy atom. The highest BCUT2D eigenvalue weighted by atomic mass is 16.5. The van der Waals surface area contributed by atoms with E-state index in [0.29, 0.717) is 49.1 Å². The number of hydrogen-bond donors (Lipinski definition) is 1. The average Bonchev–Trinajstić information content (AvgIpc) is 2.87. The molecule has 0 atom stereocenters. The number of phenols is 1. The maximum Gasteiger partial charge on any atom is 0.409 e. The first kappa shape index (κ1) is 16.0. The van der Waals surface area contributed by atoms with E-state index >= 15 is 0 Å². The van der Waals surface area contributed by atoms with Crippen molar-refractivity contribution in [1.82, 2.24) is 14.8 Å². The Morgan fingerprint density at radius 2 is 1.88 bits per heavy atom. The van der Waals surface area contributed by atoms with Crippen molar-refractivity contribution in [2.45, 2.75) is 6.42 Å². The summed E-state index contributed by atoms with van der Waals surface area (Å²) in [6, 6.07) is 6.61. The fraction of sp³-hybridized carbons (Fsp3) is 0.353. The maximum atomic E-state index is 12.9. The van der Waals surface area contributed by atoms with Gasteiger partial charge in [0.2, 0.25) is 0 Å². The fourth-order valence-electron chi connectivity index (χ4n) is 2.95. The van der Waals surface area contributed by atoms with Gasteiger partial charge >= 0.3 is 6.09 Å². The summed E-state index contributed by atoms with van der Waals surface area (Å²) < 4.78 is 4.74. The number of hydrogen-bond acceptors (Lipinski definition) is 5. The second-order valence-corrected chi connectivity index (χ2v) is 5.63. The van der Waals surface area contributed by atoms with E-state index in [1.807, 2.05) is 0 Å². The average molecular weight is 329 g/mol. The van der Waals surface area contributed by atoms with Gasteiger partial charge in [-0.2, -0.15) is 0 Å². The quantitative estimate of drug-likeness (QED) is 0.863. The number of aromatic nitrogens is 1. The van der Waals surface area contributed by atoms with Crippen molar-refractivity contribution in [3.05, 3.63) is 36.0 Å². The zero-order chi connectivity index (χ0) is 17.1. The highest BCUT2D eigenvalue weighted by Gasteiger charge is 2.24. The molecule has 0 unspecified atom stereocenters. The van der Waals surface area contributed by atoms with E-state index < -0.39 is 0 Å². The van der Waals surface area contributed by atoms with Crippen molar-refractivity contribution in [1.29, 1.82) is 0 Å². The van der Waals surface area contributed by atoms with Gasteiger partial charge in [0.05, 0.1) is 7.11 Å². The molecule has 7 nitrogen and oxygen atoms in total. The number of carbonyl (C=O) groups is 2. The third-order valence-electron chi connectivity index (χ3n) is 4.19. The Morgan fingerprint density at radius 3 is 2.67 bits per heavy atom. The molecule has 1 aromatic heterocycles. The van der Waals surface area contributed by atoms with E-state index in [4.69, 9.17) is 4.74 Å². The molecule has 0 saturated carbocycles. The van der Waals surface area contributed by atoms with Gasteiger partial charge in [0.15, 0.2) is 0 Å². The zero-order valence-electron chi connectivity index (χ0n) is 13.4. The molecule has 0 aliphatic carbocycles. The van der Waals surface area contributed by atoms with Gasteiger partial charge in [0, 0.05) is 43.3 Å². The van der Waals surface area contributed by atoms with E-state index in [-0.39, 0.29) is 17.7 Å². The minimum atomic E-state index is -0.372. The summed E-state index contributed by atoms with van der Waals surface area (Å²) in [6.07, 6.45) is 1.90. The molecule has 7 heteroatoms. The van der Waals surface area contributed by atoms with Gasteiger partial charge in [-0.15, -0.1) is 0 Å². The first-order valence-corrected chi connectivity index (χ1v) is 7.80. The van der Waals surface area contributed by atoms with Crippen molar-refractivity contribution in [2.24, 2.45) is 0 Å². The number of pyridine rings is 1. The molecule has 1 saturated heterocycles. The molecule has 0 bridgehead atoms. The molecular weight excluding hydrogens is 310 g/mol. The first-order valence-electron chi connectivity index (χ1n) is 7.80.